The highest BCUT2D eigenvalue weighted by atomic mass is 16.1. The average molecular weight is 331 g/mol. The zero-order valence-electron chi connectivity index (χ0n) is 13.4. The zero-order valence-corrected chi connectivity index (χ0v) is 13.4. The van der Waals surface area contributed by atoms with Gasteiger partial charge in [-0.15, -0.1) is 0 Å². The Bertz CT molecular complexity index is 1010. The molecule has 0 saturated heterocycles. The fourth-order valence-corrected chi connectivity index (χ4v) is 2.78. The number of carbonyl (C=O) groups is 1. The molecule has 0 aliphatic heterocycles. The van der Waals surface area contributed by atoms with Gasteiger partial charge in [-0.05, 0) is 29.8 Å². The molecule has 3 N–H and O–H groups in total. The van der Waals surface area contributed by atoms with Gasteiger partial charge in [0.1, 0.15) is 5.56 Å². The number of aromatic nitrogens is 4. The first-order valence-corrected chi connectivity index (χ1v) is 7.99. The molecule has 4 aromatic heterocycles. The highest BCUT2D eigenvalue weighted by Gasteiger charge is 2.25. The first-order valence-electron chi connectivity index (χ1n) is 7.99. The van der Waals surface area contributed by atoms with Gasteiger partial charge in [-0.2, -0.15) is 4.40 Å². The van der Waals surface area contributed by atoms with Gasteiger partial charge in [0.05, 0.1) is 6.20 Å². The lowest BCUT2D eigenvalue weighted by Crippen LogP contribution is -2.25. The van der Waals surface area contributed by atoms with Crippen molar-refractivity contribution < 1.29 is 14.2 Å². The third-order valence-corrected chi connectivity index (χ3v) is 3.98. The molecule has 4 aromatic rings. The van der Waals surface area contributed by atoms with Gasteiger partial charge in [-0.1, -0.05) is 12.1 Å². The van der Waals surface area contributed by atoms with Gasteiger partial charge < -0.3 is 5.32 Å². The molecule has 4 rings (SSSR count). The molecular formula is C19H17N5O+2. The van der Waals surface area contributed by atoms with Crippen LogP contribution in [0.15, 0.2) is 73.4 Å². The van der Waals surface area contributed by atoms with Gasteiger partial charge in [-0.25, -0.2) is 9.97 Å². The van der Waals surface area contributed by atoms with Crippen LogP contribution < -0.4 is 14.7 Å². The summed E-state index contributed by atoms with van der Waals surface area (Å²) in [5.41, 5.74) is 3.28. The van der Waals surface area contributed by atoms with Crippen LogP contribution in [0.2, 0.25) is 0 Å². The molecule has 0 aromatic carbocycles. The van der Waals surface area contributed by atoms with Crippen molar-refractivity contribution >= 4 is 11.4 Å². The van der Waals surface area contributed by atoms with E-state index in [2.05, 4.69) is 20.3 Å². The molecule has 1 amide bonds. The average Bonchev–Trinajstić information content (AvgIpc) is 3.07. The van der Waals surface area contributed by atoms with Gasteiger partial charge in [0, 0.05) is 25.0 Å². The third-order valence-electron chi connectivity index (χ3n) is 3.98. The van der Waals surface area contributed by atoms with E-state index in [1.807, 2.05) is 65.5 Å². The summed E-state index contributed by atoms with van der Waals surface area (Å²) in [5.74, 6) is 0.692. The van der Waals surface area contributed by atoms with Crippen molar-refractivity contribution in [3.63, 3.8) is 0 Å². The minimum Gasteiger partial charge on any atom is -0.345 e. The van der Waals surface area contributed by atoms with E-state index < -0.39 is 0 Å². The van der Waals surface area contributed by atoms with Crippen LogP contribution in [-0.2, 0) is 6.54 Å². The maximum absolute atomic E-state index is 12.7. The molecule has 25 heavy (non-hydrogen) atoms. The number of nitrogens with zero attached hydrogens (tertiary/aromatic N) is 2. The third kappa shape index (κ3) is 2.97. The minimum absolute atomic E-state index is 0.154. The molecule has 0 atom stereocenters. The second kappa shape index (κ2) is 6.52. The van der Waals surface area contributed by atoms with Crippen molar-refractivity contribution in [3.8, 4) is 11.4 Å². The van der Waals surface area contributed by atoms with Crippen LogP contribution in [0.1, 0.15) is 16.1 Å². The number of nitrogens with one attached hydrogen (secondary N) is 3. The summed E-state index contributed by atoms with van der Waals surface area (Å²) in [7, 11) is 0. The molecule has 6 heteroatoms. The van der Waals surface area contributed by atoms with Crippen molar-refractivity contribution in [1.82, 2.24) is 15.3 Å². The number of fused-ring (bicyclic) bond motifs is 1. The minimum atomic E-state index is -0.154. The van der Waals surface area contributed by atoms with Gasteiger partial charge >= 0.3 is 0 Å². The summed E-state index contributed by atoms with van der Waals surface area (Å²) in [6.07, 6.45) is 9.13. The van der Waals surface area contributed by atoms with Crippen LogP contribution in [0.5, 0.6) is 0 Å². The summed E-state index contributed by atoms with van der Waals surface area (Å²) in [5, 5.41) is 2.94. The summed E-state index contributed by atoms with van der Waals surface area (Å²) < 4.78 is 1.97. The lowest BCUT2D eigenvalue weighted by molar-refractivity contribution is -0.499. The number of pyridine rings is 3. The molecule has 4 heterocycles. The van der Waals surface area contributed by atoms with E-state index in [1.165, 1.54) is 0 Å². The summed E-state index contributed by atoms with van der Waals surface area (Å²) in [6.45, 7) is 0.430. The fourth-order valence-electron chi connectivity index (χ4n) is 2.78. The van der Waals surface area contributed by atoms with Crippen LogP contribution in [0.25, 0.3) is 16.9 Å². The van der Waals surface area contributed by atoms with Crippen molar-refractivity contribution in [3.05, 3.63) is 84.7 Å². The van der Waals surface area contributed by atoms with Crippen molar-refractivity contribution in [2.45, 2.75) is 6.54 Å². The first-order chi connectivity index (χ1) is 12.3. The van der Waals surface area contributed by atoms with Crippen molar-refractivity contribution in [1.29, 1.82) is 0 Å². The van der Waals surface area contributed by atoms with Crippen molar-refractivity contribution in [2.24, 2.45) is 0 Å². The second-order valence-electron chi connectivity index (χ2n) is 5.64. The Labute approximate surface area is 144 Å². The molecule has 0 spiro atoms. The lowest BCUT2D eigenvalue weighted by atomic mass is 10.2. The van der Waals surface area contributed by atoms with E-state index in [-0.39, 0.29) is 5.91 Å². The lowest BCUT2D eigenvalue weighted by Gasteiger charge is -2.01. The SMILES string of the molecule is O=C(NCc1cccnc1)c1[nH]c(-c2ccc[nH+]c2)[n+]2ccccc12. The molecule has 0 radical (unpaired) electrons. The molecule has 6 nitrogen and oxygen atoms in total. The number of amides is 1. The molecule has 0 unspecified atom stereocenters. The van der Waals surface area contributed by atoms with E-state index in [0.29, 0.717) is 12.2 Å². The van der Waals surface area contributed by atoms with Crippen LogP contribution in [0, 0.1) is 0 Å². The predicted octanol–water partition coefficient (Wildman–Crippen LogP) is 1.56. The summed E-state index contributed by atoms with van der Waals surface area (Å²) in [6, 6.07) is 13.5. The molecular weight excluding hydrogens is 314 g/mol. The molecule has 0 aliphatic rings. The normalized spacial score (nSPS) is 10.7. The number of imidazole rings is 1. The topological polar surface area (TPSA) is 76.0 Å². The number of H-pyrrole nitrogens is 2. The molecule has 0 fully saturated rings. The molecule has 122 valence electrons. The van der Waals surface area contributed by atoms with E-state index in [0.717, 1.165) is 22.5 Å². The molecule has 0 bridgehead atoms. The number of aromatic amines is 2. The maximum Gasteiger partial charge on any atom is 0.298 e. The van der Waals surface area contributed by atoms with E-state index in [1.54, 1.807) is 12.4 Å². The highest BCUT2D eigenvalue weighted by Crippen LogP contribution is 2.15. The van der Waals surface area contributed by atoms with Gasteiger partial charge in [0.2, 0.25) is 5.69 Å². The predicted molar refractivity (Wildman–Crippen MR) is 91.4 cm³/mol. The second-order valence-corrected chi connectivity index (χ2v) is 5.64. The van der Waals surface area contributed by atoms with Gasteiger partial charge in [0.25, 0.3) is 11.7 Å². The maximum atomic E-state index is 12.7. The highest BCUT2D eigenvalue weighted by molar-refractivity contribution is 5.98. The Morgan fingerprint density at radius 1 is 1.20 bits per heavy atom. The molecule has 0 saturated carbocycles. The number of rotatable bonds is 4. The Kier molecular flexibility index (Phi) is 3.92. The summed E-state index contributed by atoms with van der Waals surface area (Å²) in [4.78, 5) is 23.1. The zero-order chi connectivity index (χ0) is 17.1. The Morgan fingerprint density at radius 3 is 2.96 bits per heavy atom. The van der Waals surface area contributed by atoms with Crippen LogP contribution in [-0.4, -0.2) is 15.9 Å². The smallest absolute Gasteiger partial charge is 0.298 e. The Hall–Kier alpha value is -3.54. The van der Waals surface area contributed by atoms with E-state index in [4.69, 9.17) is 0 Å². The number of hydrogen-bond acceptors (Lipinski definition) is 2. The van der Waals surface area contributed by atoms with Crippen LogP contribution >= 0.6 is 0 Å². The summed E-state index contributed by atoms with van der Waals surface area (Å²) >= 11 is 0. The number of carbonyl (C=O) groups excluding carboxylic acids is 1. The van der Waals surface area contributed by atoms with Crippen LogP contribution in [0.3, 0.4) is 0 Å². The van der Waals surface area contributed by atoms with Gasteiger partial charge in [0.15, 0.2) is 17.9 Å². The fraction of sp³-hybridized carbons (Fsp3) is 0.0526. The van der Waals surface area contributed by atoms with E-state index >= 15 is 0 Å². The van der Waals surface area contributed by atoms with Gasteiger partial charge in [-0.3, -0.25) is 9.78 Å². The Balaban J connectivity index is 1.69. The van der Waals surface area contributed by atoms with Crippen LogP contribution in [0.4, 0.5) is 0 Å². The quantitative estimate of drug-likeness (QED) is 0.557. The largest absolute Gasteiger partial charge is 0.345 e. The Morgan fingerprint density at radius 2 is 2.16 bits per heavy atom. The first kappa shape index (κ1) is 15.0. The number of hydrogen-bond donors (Lipinski definition) is 2. The molecule has 0 aliphatic carbocycles. The van der Waals surface area contributed by atoms with E-state index in [9.17, 15) is 4.79 Å². The standard InChI is InChI=1S/C19H15N5O/c25-19(22-12-14-5-3-8-20-11-14)17-16-7-1-2-10-24(16)18(23-17)15-6-4-9-21-13-15/h1-11,13H,12H2,(H,22,25)/p+2. The van der Waals surface area contributed by atoms with Crippen molar-refractivity contribution in [2.75, 3.05) is 0 Å². The monoisotopic (exact) mass is 331 g/mol.